The molecule has 3 rings (SSSR count). The normalized spacial score (nSPS) is 14.2. The average molecular weight is 399 g/mol. The van der Waals surface area contributed by atoms with E-state index in [1.165, 1.54) is 0 Å². The topological polar surface area (TPSA) is 75.9 Å². The molecule has 7 heteroatoms. The number of nitrogens with one attached hydrogen (secondary N) is 2. The number of nitrogen functional groups attached to an aromatic ring is 1. The highest BCUT2D eigenvalue weighted by Crippen LogP contribution is 2.39. The van der Waals surface area contributed by atoms with Gasteiger partial charge in [-0.15, -0.1) is 0 Å². The van der Waals surface area contributed by atoms with Gasteiger partial charge in [-0.05, 0) is 47.0 Å². The van der Waals surface area contributed by atoms with E-state index in [9.17, 15) is 0 Å². The van der Waals surface area contributed by atoms with Crippen LogP contribution < -0.4 is 16.6 Å². The molecule has 1 fully saturated rings. The molecule has 0 radical (unpaired) electrons. The number of benzene rings is 1. The lowest BCUT2D eigenvalue weighted by atomic mass is 10.3. The molecule has 4 N–H and O–H groups in total. The molecule has 1 saturated carbocycles. The first kappa shape index (κ1) is 13.8. The molecule has 0 aliphatic heterocycles. The van der Waals surface area contributed by atoms with E-state index >= 15 is 0 Å². The minimum absolute atomic E-state index is 0.467. The molecule has 1 aromatic carbocycles. The predicted molar refractivity (Wildman–Crippen MR) is 86.9 cm³/mol. The molecule has 0 atom stereocenters. The Morgan fingerprint density at radius 2 is 1.85 bits per heavy atom. The van der Waals surface area contributed by atoms with Gasteiger partial charge in [0.25, 0.3) is 0 Å². The van der Waals surface area contributed by atoms with E-state index in [-0.39, 0.29) is 0 Å². The van der Waals surface area contributed by atoms with Gasteiger partial charge in [0, 0.05) is 20.9 Å². The summed E-state index contributed by atoms with van der Waals surface area (Å²) >= 11 is 6.98. The lowest BCUT2D eigenvalue weighted by molar-refractivity contribution is 0.929. The SMILES string of the molecule is NNc1cc(Nc2cc(Br)ccc2Br)nc(C2CC2)n1. The maximum Gasteiger partial charge on any atom is 0.145 e. The predicted octanol–water partition coefficient (Wildman–Crippen LogP) is 3.91. The Bertz CT molecular complexity index is 643. The fraction of sp³-hybridized carbons (Fsp3) is 0.231. The maximum atomic E-state index is 5.47. The Kier molecular flexibility index (Phi) is 3.91. The average Bonchev–Trinajstić information content (AvgIpc) is 3.27. The molecular formula is C13H13Br2N5. The summed E-state index contributed by atoms with van der Waals surface area (Å²) in [7, 11) is 0. The van der Waals surface area contributed by atoms with Gasteiger partial charge in [-0.3, -0.25) is 0 Å². The summed E-state index contributed by atoms with van der Waals surface area (Å²) in [5.41, 5.74) is 3.52. The summed E-state index contributed by atoms with van der Waals surface area (Å²) in [6.07, 6.45) is 2.29. The minimum atomic E-state index is 0.467. The van der Waals surface area contributed by atoms with Crippen LogP contribution in [-0.2, 0) is 0 Å². The highest BCUT2D eigenvalue weighted by atomic mass is 79.9. The van der Waals surface area contributed by atoms with E-state index in [2.05, 4.69) is 52.6 Å². The molecule has 1 aliphatic carbocycles. The van der Waals surface area contributed by atoms with Crippen LogP contribution in [0.3, 0.4) is 0 Å². The third-order valence-corrected chi connectivity index (χ3v) is 4.21. The third kappa shape index (κ3) is 3.11. The molecule has 0 saturated heterocycles. The zero-order valence-electron chi connectivity index (χ0n) is 10.5. The first-order valence-corrected chi connectivity index (χ1v) is 7.82. The van der Waals surface area contributed by atoms with Crippen molar-refractivity contribution < 1.29 is 0 Å². The van der Waals surface area contributed by atoms with Crippen molar-refractivity contribution in [3.05, 3.63) is 39.0 Å². The van der Waals surface area contributed by atoms with Crippen LogP contribution in [-0.4, -0.2) is 9.97 Å². The molecule has 1 heterocycles. The van der Waals surface area contributed by atoms with Crippen LogP contribution in [0.1, 0.15) is 24.6 Å². The number of hydrogen-bond acceptors (Lipinski definition) is 5. The van der Waals surface area contributed by atoms with Crippen LogP contribution in [0.4, 0.5) is 17.3 Å². The van der Waals surface area contributed by atoms with Crippen LogP contribution in [0.15, 0.2) is 33.2 Å². The molecule has 104 valence electrons. The third-order valence-electron chi connectivity index (χ3n) is 3.02. The second-order valence-electron chi connectivity index (χ2n) is 4.66. The molecular weight excluding hydrogens is 386 g/mol. The van der Waals surface area contributed by atoms with Gasteiger partial charge < -0.3 is 10.7 Å². The standard InChI is InChI=1S/C13H13Br2N5/c14-8-3-4-9(15)10(5-8)17-11-6-12(20-16)19-13(18-11)7-1-2-7/h3-7H,1-2,16H2,(H2,17,18,19,20). The molecule has 20 heavy (non-hydrogen) atoms. The summed E-state index contributed by atoms with van der Waals surface area (Å²) in [6.45, 7) is 0. The van der Waals surface area contributed by atoms with Crippen molar-refractivity contribution in [1.82, 2.24) is 9.97 Å². The highest BCUT2D eigenvalue weighted by molar-refractivity contribution is 9.11. The van der Waals surface area contributed by atoms with Gasteiger partial charge in [-0.1, -0.05) is 15.9 Å². The second-order valence-corrected chi connectivity index (χ2v) is 6.43. The van der Waals surface area contributed by atoms with Crippen LogP contribution in [0.25, 0.3) is 0 Å². The smallest absolute Gasteiger partial charge is 0.145 e. The van der Waals surface area contributed by atoms with Gasteiger partial charge >= 0.3 is 0 Å². The monoisotopic (exact) mass is 397 g/mol. The van der Waals surface area contributed by atoms with Crippen molar-refractivity contribution in [2.24, 2.45) is 5.84 Å². The molecule has 0 bridgehead atoms. The number of halogens is 2. The summed E-state index contributed by atoms with van der Waals surface area (Å²) in [5, 5.41) is 3.29. The van der Waals surface area contributed by atoms with Crippen LogP contribution in [0, 0.1) is 0 Å². The van der Waals surface area contributed by atoms with Crippen molar-refractivity contribution in [3.63, 3.8) is 0 Å². The van der Waals surface area contributed by atoms with E-state index < -0.39 is 0 Å². The van der Waals surface area contributed by atoms with E-state index in [0.717, 1.165) is 39.1 Å². The molecule has 1 aliphatic rings. The maximum absolute atomic E-state index is 5.47. The summed E-state index contributed by atoms with van der Waals surface area (Å²) in [5.74, 6) is 8.13. The number of hydrogen-bond donors (Lipinski definition) is 3. The van der Waals surface area contributed by atoms with Gasteiger partial charge in [0.2, 0.25) is 0 Å². The quantitative estimate of drug-likeness (QED) is 0.537. The molecule has 1 aromatic heterocycles. The van der Waals surface area contributed by atoms with Gasteiger partial charge in [-0.25, -0.2) is 15.8 Å². The first-order valence-electron chi connectivity index (χ1n) is 6.23. The van der Waals surface area contributed by atoms with E-state index in [4.69, 9.17) is 5.84 Å². The van der Waals surface area contributed by atoms with Crippen LogP contribution >= 0.6 is 31.9 Å². The highest BCUT2D eigenvalue weighted by Gasteiger charge is 2.27. The van der Waals surface area contributed by atoms with Gasteiger partial charge in [0.15, 0.2) is 0 Å². The zero-order chi connectivity index (χ0) is 14.1. The number of rotatable bonds is 4. The molecule has 2 aromatic rings. The molecule has 0 unspecified atom stereocenters. The van der Waals surface area contributed by atoms with Crippen molar-refractivity contribution in [1.29, 1.82) is 0 Å². The van der Waals surface area contributed by atoms with Crippen LogP contribution in [0.2, 0.25) is 0 Å². The second kappa shape index (κ2) is 5.67. The lowest BCUT2D eigenvalue weighted by Crippen LogP contribution is -2.11. The fourth-order valence-electron chi connectivity index (χ4n) is 1.86. The summed E-state index contributed by atoms with van der Waals surface area (Å²) in [4.78, 5) is 8.94. The summed E-state index contributed by atoms with van der Waals surface area (Å²) in [6, 6.07) is 7.72. The minimum Gasteiger partial charge on any atom is -0.339 e. The first-order chi connectivity index (χ1) is 9.65. The van der Waals surface area contributed by atoms with E-state index in [1.807, 2.05) is 18.2 Å². The summed E-state index contributed by atoms with van der Waals surface area (Å²) < 4.78 is 1.96. The van der Waals surface area contributed by atoms with Gasteiger partial charge in [0.05, 0.1) is 5.69 Å². The van der Waals surface area contributed by atoms with Crippen molar-refractivity contribution in [2.45, 2.75) is 18.8 Å². The number of aromatic nitrogens is 2. The van der Waals surface area contributed by atoms with Crippen molar-refractivity contribution in [3.8, 4) is 0 Å². The Hall–Kier alpha value is -1.18. The van der Waals surface area contributed by atoms with Gasteiger partial charge in [0.1, 0.15) is 17.5 Å². The number of nitrogens with zero attached hydrogens (tertiary/aromatic N) is 2. The molecule has 5 nitrogen and oxygen atoms in total. The van der Waals surface area contributed by atoms with E-state index in [0.29, 0.717) is 11.7 Å². The fourth-order valence-corrected chi connectivity index (χ4v) is 2.57. The number of nitrogens with two attached hydrogens (primary N) is 1. The van der Waals surface area contributed by atoms with Crippen molar-refractivity contribution >= 4 is 49.2 Å². The van der Waals surface area contributed by atoms with Crippen LogP contribution in [0.5, 0.6) is 0 Å². The van der Waals surface area contributed by atoms with Crippen molar-refractivity contribution in [2.75, 3.05) is 10.7 Å². The largest absolute Gasteiger partial charge is 0.339 e. The Morgan fingerprint density at radius 1 is 1.10 bits per heavy atom. The molecule has 0 amide bonds. The number of hydrazine groups is 1. The number of anilines is 3. The van der Waals surface area contributed by atoms with E-state index in [1.54, 1.807) is 6.07 Å². The zero-order valence-corrected chi connectivity index (χ0v) is 13.7. The van der Waals surface area contributed by atoms with Gasteiger partial charge in [-0.2, -0.15) is 0 Å². The molecule has 0 spiro atoms. The Balaban J connectivity index is 1.93. The Labute approximate surface area is 133 Å². The Morgan fingerprint density at radius 3 is 2.55 bits per heavy atom. The lowest BCUT2D eigenvalue weighted by Gasteiger charge is -2.11.